The lowest BCUT2D eigenvalue weighted by atomic mass is 10.3. The number of rotatable bonds is 2. The largest absolute Gasteiger partial charge is 0.303 e. The molecule has 2 heterocycles. The van der Waals surface area contributed by atoms with Crippen LogP contribution in [0.3, 0.4) is 0 Å². The third-order valence-electron chi connectivity index (χ3n) is 2.49. The summed E-state index contributed by atoms with van der Waals surface area (Å²) in [4.78, 5) is 22.8. The Kier molecular flexibility index (Phi) is 2.27. The molecule has 16 heavy (non-hydrogen) atoms. The smallest absolute Gasteiger partial charge is 0.264 e. The molecular formula is C9H8IN5O. The van der Waals surface area contributed by atoms with E-state index < -0.39 is 0 Å². The Bertz CT molecular complexity index is 572. The molecule has 1 saturated carbocycles. The van der Waals surface area contributed by atoms with Crippen LogP contribution in [0, 0.1) is 3.57 Å². The Labute approximate surface area is 104 Å². The minimum atomic E-state index is -0.107. The second-order valence-electron chi connectivity index (χ2n) is 3.72. The van der Waals surface area contributed by atoms with Crippen LogP contribution >= 0.6 is 22.6 Å². The maximum absolute atomic E-state index is 11.7. The van der Waals surface area contributed by atoms with Crippen LogP contribution in [-0.2, 0) is 0 Å². The highest BCUT2D eigenvalue weighted by Crippen LogP contribution is 2.40. The van der Waals surface area contributed by atoms with E-state index >= 15 is 0 Å². The molecule has 0 aliphatic heterocycles. The van der Waals surface area contributed by atoms with Crippen molar-refractivity contribution in [3.8, 4) is 11.6 Å². The number of nitrogens with zero attached hydrogens (tertiary/aromatic N) is 3. The van der Waals surface area contributed by atoms with Crippen molar-refractivity contribution in [1.29, 1.82) is 0 Å². The molecule has 0 amide bonds. The first kappa shape index (κ1) is 9.94. The molecular weight excluding hydrogens is 321 g/mol. The van der Waals surface area contributed by atoms with Crippen LogP contribution in [0.25, 0.3) is 11.6 Å². The molecule has 2 aromatic heterocycles. The van der Waals surface area contributed by atoms with E-state index in [2.05, 4.69) is 25.1 Å². The van der Waals surface area contributed by atoms with Gasteiger partial charge < -0.3 is 4.98 Å². The van der Waals surface area contributed by atoms with Crippen LogP contribution < -0.4 is 5.56 Å². The van der Waals surface area contributed by atoms with Crippen molar-refractivity contribution < 1.29 is 0 Å². The number of aromatic amines is 2. The fraction of sp³-hybridized carbons (Fsp3) is 0.333. The van der Waals surface area contributed by atoms with E-state index in [4.69, 9.17) is 0 Å². The van der Waals surface area contributed by atoms with Crippen LogP contribution in [0.4, 0.5) is 0 Å². The normalized spacial score (nSPS) is 15.3. The van der Waals surface area contributed by atoms with E-state index in [9.17, 15) is 4.79 Å². The van der Waals surface area contributed by atoms with E-state index in [0.717, 1.165) is 18.5 Å². The van der Waals surface area contributed by atoms with E-state index in [-0.39, 0.29) is 5.56 Å². The fourth-order valence-corrected chi connectivity index (χ4v) is 2.23. The van der Waals surface area contributed by atoms with Gasteiger partial charge in [0.2, 0.25) is 0 Å². The van der Waals surface area contributed by atoms with Gasteiger partial charge in [0, 0.05) is 5.92 Å². The van der Waals surface area contributed by atoms with E-state index in [1.165, 1.54) is 6.33 Å². The van der Waals surface area contributed by atoms with Crippen LogP contribution in [0.5, 0.6) is 0 Å². The predicted molar refractivity (Wildman–Crippen MR) is 64.9 cm³/mol. The van der Waals surface area contributed by atoms with Gasteiger partial charge in [-0.15, -0.1) is 0 Å². The second kappa shape index (κ2) is 3.65. The van der Waals surface area contributed by atoms with E-state index in [0.29, 0.717) is 21.1 Å². The summed E-state index contributed by atoms with van der Waals surface area (Å²) in [6.45, 7) is 0. The molecule has 0 bridgehead atoms. The standard InChI is InChI=1S/C9H8IN5O/c10-5-6(4-1-2-4)13-8(14-9(5)16)7-11-3-12-15-7/h3-4H,1-2H2,(H,11,12,15)(H,13,14,16). The summed E-state index contributed by atoms with van der Waals surface area (Å²) < 4.78 is 0.684. The maximum atomic E-state index is 11.7. The third-order valence-corrected chi connectivity index (χ3v) is 3.53. The molecule has 1 aliphatic rings. The molecule has 0 radical (unpaired) electrons. The molecule has 0 saturated heterocycles. The summed E-state index contributed by atoms with van der Waals surface area (Å²) in [6, 6.07) is 0. The van der Waals surface area contributed by atoms with Gasteiger partial charge in [0.15, 0.2) is 11.6 Å². The zero-order valence-corrected chi connectivity index (χ0v) is 10.4. The van der Waals surface area contributed by atoms with Gasteiger partial charge in [-0.1, -0.05) is 0 Å². The zero-order chi connectivity index (χ0) is 11.1. The highest BCUT2D eigenvalue weighted by atomic mass is 127. The number of hydrogen-bond acceptors (Lipinski definition) is 4. The maximum Gasteiger partial charge on any atom is 0.264 e. The molecule has 0 unspecified atom stereocenters. The van der Waals surface area contributed by atoms with Gasteiger partial charge in [-0.25, -0.2) is 9.97 Å². The van der Waals surface area contributed by atoms with Crippen LogP contribution in [0.15, 0.2) is 11.1 Å². The minimum Gasteiger partial charge on any atom is -0.303 e. The molecule has 1 aliphatic carbocycles. The Morgan fingerprint density at radius 1 is 1.38 bits per heavy atom. The molecule has 82 valence electrons. The van der Waals surface area contributed by atoms with Gasteiger partial charge in [0.1, 0.15) is 9.90 Å². The number of halogens is 1. The van der Waals surface area contributed by atoms with Crippen molar-refractivity contribution in [1.82, 2.24) is 25.1 Å². The lowest BCUT2D eigenvalue weighted by Gasteiger charge is -2.02. The summed E-state index contributed by atoms with van der Waals surface area (Å²) in [6.07, 6.45) is 3.62. The fourth-order valence-electron chi connectivity index (χ4n) is 1.54. The highest BCUT2D eigenvalue weighted by Gasteiger charge is 2.29. The van der Waals surface area contributed by atoms with Gasteiger partial charge in [-0.05, 0) is 35.4 Å². The van der Waals surface area contributed by atoms with Gasteiger partial charge in [0.05, 0.1) is 5.69 Å². The van der Waals surface area contributed by atoms with Crippen molar-refractivity contribution in [2.24, 2.45) is 0 Å². The number of aromatic nitrogens is 5. The first-order valence-electron chi connectivity index (χ1n) is 4.91. The molecule has 1 fully saturated rings. The number of hydrogen-bond donors (Lipinski definition) is 2. The minimum absolute atomic E-state index is 0.107. The summed E-state index contributed by atoms with van der Waals surface area (Å²) >= 11 is 2.04. The zero-order valence-electron chi connectivity index (χ0n) is 8.20. The average Bonchev–Trinajstić information content (AvgIpc) is 2.96. The Morgan fingerprint density at radius 2 is 2.19 bits per heavy atom. The first-order valence-corrected chi connectivity index (χ1v) is 5.99. The van der Waals surface area contributed by atoms with Crippen LogP contribution in [0.2, 0.25) is 0 Å². The Hall–Kier alpha value is -1.25. The molecule has 6 nitrogen and oxygen atoms in total. The van der Waals surface area contributed by atoms with Crippen molar-refractivity contribution in [2.45, 2.75) is 18.8 Å². The summed E-state index contributed by atoms with van der Waals surface area (Å²) in [5, 5.41) is 6.43. The lowest BCUT2D eigenvalue weighted by Crippen LogP contribution is -2.16. The molecule has 3 rings (SSSR count). The van der Waals surface area contributed by atoms with Gasteiger partial charge in [-0.3, -0.25) is 9.89 Å². The molecule has 0 atom stereocenters. The number of H-pyrrole nitrogens is 2. The first-order chi connectivity index (χ1) is 7.75. The summed E-state index contributed by atoms with van der Waals surface area (Å²) in [7, 11) is 0. The van der Waals surface area contributed by atoms with Crippen molar-refractivity contribution in [3.05, 3.63) is 25.9 Å². The van der Waals surface area contributed by atoms with Gasteiger partial charge in [0.25, 0.3) is 5.56 Å². The number of nitrogens with one attached hydrogen (secondary N) is 2. The molecule has 2 N–H and O–H groups in total. The predicted octanol–water partition coefficient (Wildman–Crippen LogP) is 1.04. The molecule has 2 aromatic rings. The molecule has 0 spiro atoms. The van der Waals surface area contributed by atoms with Crippen LogP contribution in [-0.4, -0.2) is 25.1 Å². The monoisotopic (exact) mass is 329 g/mol. The quantitative estimate of drug-likeness (QED) is 0.806. The second-order valence-corrected chi connectivity index (χ2v) is 4.80. The van der Waals surface area contributed by atoms with Gasteiger partial charge in [-0.2, -0.15) is 5.10 Å². The van der Waals surface area contributed by atoms with Crippen molar-refractivity contribution in [3.63, 3.8) is 0 Å². The van der Waals surface area contributed by atoms with E-state index in [1.54, 1.807) is 0 Å². The lowest BCUT2D eigenvalue weighted by molar-refractivity contribution is 0.943. The third kappa shape index (κ3) is 1.64. The molecule has 7 heteroatoms. The average molecular weight is 329 g/mol. The topological polar surface area (TPSA) is 87.3 Å². The van der Waals surface area contributed by atoms with Crippen LogP contribution in [0.1, 0.15) is 24.5 Å². The molecule has 0 aromatic carbocycles. The van der Waals surface area contributed by atoms with Crippen molar-refractivity contribution in [2.75, 3.05) is 0 Å². The summed E-state index contributed by atoms with van der Waals surface area (Å²) in [5.74, 6) is 1.40. The Balaban J connectivity index is 2.17. The van der Waals surface area contributed by atoms with Crippen molar-refractivity contribution >= 4 is 22.6 Å². The summed E-state index contributed by atoms with van der Waals surface area (Å²) in [5.41, 5.74) is 0.777. The Morgan fingerprint density at radius 3 is 2.81 bits per heavy atom. The SMILES string of the molecule is O=c1[nH]c(-c2ncn[nH]2)nc(C2CC2)c1I. The highest BCUT2D eigenvalue weighted by molar-refractivity contribution is 14.1. The van der Waals surface area contributed by atoms with E-state index in [1.807, 2.05) is 22.6 Å². The van der Waals surface area contributed by atoms with Gasteiger partial charge >= 0.3 is 0 Å².